The van der Waals surface area contributed by atoms with Gasteiger partial charge in [-0.1, -0.05) is 30.3 Å². The Balaban J connectivity index is 1.35. The van der Waals surface area contributed by atoms with Crippen LogP contribution in [0, 0.1) is 0 Å². The van der Waals surface area contributed by atoms with Crippen molar-refractivity contribution in [2.75, 3.05) is 33.4 Å². The molecule has 0 aliphatic carbocycles. The molecule has 1 heterocycles. The first kappa shape index (κ1) is 20.2. The summed E-state index contributed by atoms with van der Waals surface area (Å²) in [4.78, 5) is 14.3. The van der Waals surface area contributed by atoms with Crippen molar-refractivity contribution in [2.24, 2.45) is 0 Å². The zero-order valence-electron chi connectivity index (χ0n) is 16.6. The second-order valence-corrected chi connectivity index (χ2v) is 7.08. The summed E-state index contributed by atoms with van der Waals surface area (Å²) in [6.07, 6.45) is 3.50. The number of amides is 1. The number of rotatable bonds is 11. The van der Waals surface area contributed by atoms with Crippen LogP contribution in [0.3, 0.4) is 0 Å². The maximum absolute atomic E-state index is 12.3. The Kier molecular flexibility index (Phi) is 7.73. The fraction of sp³-hybridized carbons (Fsp3) is 0.435. The highest BCUT2D eigenvalue weighted by molar-refractivity contribution is 5.78. The first-order valence-corrected chi connectivity index (χ1v) is 10.1. The van der Waals surface area contributed by atoms with Gasteiger partial charge in [-0.3, -0.25) is 4.79 Å². The van der Waals surface area contributed by atoms with E-state index in [1.807, 2.05) is 42.5 Å². The van der Waals surface area contributed by atoms with E-state index in [2.05, 4.69) is 22.3 Å². The van der Waals surface area contributed by atoms with Gasteiger partial charge in [-0.25, -0.2) is 0 Å². The third-order valence-electron chi connectivity index (χ3n) is 5.20. The van der Waals surface area contributed by atoms with E-state index in [0.717, 1.165) is 50.4 Å². The fourth-order valence-corrected chi connectivity index (χ4v) is 3.59. The van der Waals surface area contributed by atoms with Gasteiger partial charge in [-0.15, -0.1) is 0 Å². The smallest absolute Gasteiger partial charge is 0.222 e. The van der Waals surface area contributed by atoms with Gasteiger partial charge in [-0.05, 0) is 55.6 Å². The summed E-state index contributed by atoms with van der Waals surface area (Å²) in [5, 5.41) is 3.43. The quantitative estimate of drug-likeness (QED) is 0.606. The van der Waals surface area contributed by atoms with E-state index in [4.69, 9.17) is 9.47 Å². The monoisotopic (exact) mass is 382 g/mol. The molecule has 0 bridgehead atoms. The number of ether oxygens (including phenoxy) is 2. The highest BCUT2D eigenvalue weighted by atomic mass is 16.5. The van der Waals surface area contributed by atoms with Crippen LogP contribution in [0.15, 0.2) is 54.6 Å². The number of hydrogen-bond acceptors (Lipinski definition) is 4. The van der Waals surface area contributed by atoms with Gasteiger partial charge in [0.25, 0.3) is 0 Å². The lowest BCUT2D eigenvalue weighted by Gasteiger charge is -2.25. The SMILES string of the molecule is COc1ccc(CCN2C(=O)CC[C@@H]2CCNCCOc2ccccc2)cc1. The van der Waals surface area contributed by atoms with Crippen molar-refractivity contribution in [3.8, 4) is 11.5 Å². The number of para-hydroxylation sites is 1. The molecule has 1 aliphatic rings. The summed E-state index contributed by atoms with van der Waals surface area (Å²) in [6.45, 7) is 3.14. The van der Waals surface area contributed by atoms with Crippen molar-refractivity contribution in [3.05, 3.63) is 60.2 Å². The highest BCUT2D eigenvalue weighted by Gasteiger charge is 2.29. The standard InChI is InChI=1S/C23H30N2O3/c1-27-21-10-7-19(8-11-21)14-17-25-20(9-12-23(25)26)13-15-24-16-18-28-22-5-3-2-4-6-22/h2-8,10-11,20,24H,9,12-18H2,1H3/t20-/m1/s1. The number of methoxy groups -OCH3 is 1. The van der Waals surface area contributed by atoms with E-state index >= 15 is 0 Å². The van der Waals surface area contributed by atoms with Crippen LogP contribution in [0.1, 0.15) is 24.8 Å². The fourth-order valence-electron chi connectivity index (χ4n) is 3.59. The van der Waals surface area contributed by atoms with E-state index in [1.54, 1.807) is 7.11 Å². The maximum atomic E-state index is 12.3. The molecule has 28 heavy (non-hydrogen) atoms. The lowest BCUT2D eigenvalue weighted by atomic mass is 10.1. The van der Waals surface area contributed by atoms with Crippen molar-refractivity contribution in [3.63, 3.8) is 0 Å². The van der Waals surface area contributed by atoms with E-state index in [-0.39, 0.29) is 5.91 Å². The Morgan fingerprint density at radius 2 is 1.82 bits per heavy atom. The Bertz CT molecular complexity index is 718. The molecule has 1 fully saturated rings. The zero-order chi connectivity index (χ0) is 19.6. The average molecular weight is 383 g/mol. The summed E-state index contributed by atoms with van der Waals surface area (Å²) in [7, 11) is 1.67. The molecule has 1 amide bonds. The summed E-state index contributed by atoms with van der Waals surface area (Å²) in [5.41, 5.74) is 1.23. The van der Waals surface area contributed by atoms with Gasteiger partial charge in [0, 0.05) is 25.6 Å². The molecule has 1 aliphatic heterocycles. The van der Waals surface area contributed by atoms with E-state index < -0.39 is 0 Å². The molecule has 0 spiro atoms. The predicted octanol–water partition coefficient (Wildman–Crippen LogP) is 3.29. The number of benzene rings is 2. The molecule has 5 nitrogen and oxygen atoms in total. The molecule has 1 saturated heterocycles. The molecular formula is C23H30N2O3. The van der Waals surface area contributed by atoms with Gasteiger partial charge in [0.05, 0.1) is 7.11 Å². The lowest BCUT2D eigenvalue weighted by Crippen LogP contribution is -2.37. The third-order valence-corrected chi connectivity index (χ3v) is 5.20. The number of nitrogens with one attached hydrogen (secondary N) is 1. The Labute approximate surface area is 167 Å². The largest absolute Gasteiger partial charge is 0.497 e. The summed E-state index contributed by atoms with van der Waals surface area (Å²) < 4.78 is 10.9. The first-order chi connectivity index (χ1) is 13.8. The number of carbonyl (C=O) groups excluding carboxylic acids is 1. The molecule has 2 aromatic carbocycles. The van der Waals surface area contributed by atoms with E-state index in [1.165, 1.54) is 5.56 Å². The van der Waals surface area contributed by atoms with Crippen molar-refractivity contribution < 1.29 is 14.3 Å². The molecule has 150 valence electrons. The number of hydrogen-bond donors (Lipinski definition) is 1. The summed E-state index contributed by atoms with van der Waals surface area (Å²) >= 11 is 0. The van der Waals surface area contributed by atoms with Crippen LogP contribution in [-0.2, 0) is 11.2 Å². The third kappa shape index (κ3) is 5.99. The molecule has 0 saturated carbocycles. The second-order valence-electron chi connectivity index (χ2n) is 7.08. The van der Waals surface area contributed by atoms with Gasteiger partial charge < -0.3 is 19.7 Å². The van der Waals surface area contributed by atoms with Crippen LogP contribution in [-0.4, -0.2) is 50.2 Å². The first-order valence-electron chi connectivity index (χ1n) is 10.1. The Morgan fingerprint density at radius 3 is 2.57 bits per heavy atom. The second kappa shape index (κ2) is 10.7. The molecule has 2 aromatic rings. The normalized spacial score (nSPS) is 16.4. The molecular weight excluding hydrogens is 352 g/mol. The number of nitrogens with zero attached hydrogens (tertiary/aromatic N) is 1. The van der Waals surface area contributed by atoms with Crippen LogP contribution < -0.4 is 14.8 Å². The molecule has 0 aromatic heterocycles. The van der Waals surface area contributed by atoms with E-state index in [0.29, 0.717) is 19.1 Å². The van der Waals surface area contributed by atoms with Crippen LogP contribution in [0.4, 0.5) is 0 Å². The summed E-state index contributed by atoms with van der Waals surface area (Å²) in [6, 6.07) is 18.3. The lowest BCUT2D eigenvalue weighted by molar-refractivity contribution is -0.129. The van der Waals surface area contributed by atoms with Crippen LogP contribution in [0.2, 0.25) is 0 Å². The predicted molar refractivity (Wildman–Crippen MR) is 111 cm³/mol. The van der Waals surface area contributed by atoms with Gasteiger partial charge in [0.1, 0.15) is 18.1 Å². The van der Waals surface area contributed by atoms with Crippen LogP contribution in [0.25, 0.3) is 0 Å². The zero-order valence-corrected chi connectivity index (χ0v) is 16.6. The molecule has 5 heteroatoms. The minimum Gasteiger partial charge on any atom is -0.497 e. The van der Waals surface area contributed by atoms with Crippen LogP contribution >= 0.6 is 0 Å². The minimum atomic E-state index is 0.283. The average Bonchev–Trinajstić information content (AvgIpc) is 3.09. The van der Waals surface area contributed by atoms with Gasteiger partial charge >= 0.3 is 0 Å². The summed E-state index contributed by atoms with van der Waals surface area (Å²) in [5.74, 6) is 2.04. The molecule has 0 unspecified atom stereocenters. The van der Waals surface area contributed by atoms with Crippen molar-refractivity contribution in [1.29, 1.82) is 0 Å². The van der Waals surface area contributed by atoms with Crippen molar-refractivity contribution >= 4 is 5.91 Å². The highest BCUT2D eigenvalue weighted by Crippen LogP contribution is 2.22. The van der Waals surface area contributed by atoms with Gasteiger partial charge in [0.15, 0.2) is 0 Å². The van der Waals surface area contributed by atoms with E-state index in [9.17, 15) is 4.79 Å². The molecule has 0 radical (unpaired) electrons. The van der Waals surface area contributed by atoms with Gasteiger partial charge in [-0.2, -0.15) is 0 Å². The minimum absolute atomic E-state index is 0.283. The van der Waals surface area contributed by atoms with Crippen molar-refractivity contribution in [1.82, 2.24) is 10.2 Å². The Morgan fingerprint density at radius 1 is 1.04 bits per heavy atom. The molecule has 3 rings (SSSR count). The van der Waals surface area contributed by atoms with Crippen LogP contribution in [0.5, 0.6) is 11.5 Å². The molecule has 1 atom stereocenters. The number of carbonyl (C=O) groups is 1. The van der Waals surface area contributed by atoms with Gasteiger partial charge in [0.2, 0.25) is 5.91 Å². The van der Waals surface area contributed by atoms with Crippen molar-refractivity contribution in [2.45, 2.75) is 31.7 Å². The molecule has 1 N–H and O–H groups in total. The Hall–Kier alpha value is -2.53. The number of likely N-dealkylation sites (tertiary alicyclic amines) is 1. The topological polar surface area (TPSA) is 50.8 Å². The maximum Gasteiger partial charge on any atom is 0.222 e.